The van der Waals surface area contributed by atoms with Crippen LogP contribution in [0.2, 0.25) is 5.15 Å². The second-order valence-corrected chi connectivity index (χ2v) is 9.39. The van der Waals surface area contributed by atoms with Crippen LogP contribution in [0.25, 0.3) is 0 Å². The predicted octanol–water partition coefficient (Wildman–Crippen LogP) is 2.56. The number of nitrogens with zero attached hydrogens (tertiary/aromatic N) is 4. The van der Waals surface area contributed by atoms with E-state index in [-0.39, 0.29) is 29.3 Å². The van der Waals surface area contributed by atoms with Gasteiger partial charge in [0.05, 0.1) is 6.10 Å². The Hall–Kier alpha value is -1.44. The van der Waals surface area contributed by atoms with E-state index in [2.05, 4.69) is 10.00 Å². The molecule has 0 spiro atoms. The normalized spacial score (nSPS) is 23.8. The van der Waals surface area contributed by atoms with Crippen molar-refractivity contribution in [2.75, 3.05) is 32.8 Å². The van der Waals surface area contributed by atoms with Gasteiger partial charge in [-0.15, -0.1) is 0 Å². The van der Waals surface area contributed by atoms with Gasteiger partial charge in [-0.05, 0) is 63.6 Å². The Morgan fingerprint density at radius 3 is 2.57 bits per heavy atom. The number of piperidine rings is 1. The number of amides is 1. The summed E-state index contributed by atoms with van der Waals surface area (Å²) in [5.41, 5.74) is -0.310. The molecule has 8 heteroatoms. The number of halogens is 1. The maximum Gasteiger partial charge on any atom is 0.267 e. The van der Waals surface area contributed by atoms with Crippen molar-refractivity contribution in [1.82, 2.24) is 19.6 Å². The molecule has 1 saturated carbocycles. The fourth-order valence-electron chi connectivity index (χ4n) is 5.16. The lowest BCUT2D eigenvalue weighted by molar-refractivity contribution is -0.134. The first kappa shape index (κ1) is 21.8. The molecule has 3 fully saturated rings. The summed E-state index contributed by atoms with van der Waals surface area (Å²) in [6.07, 6.45) is 9.79. The van der Waals surface area contributed by atoms with E-state index in [1.165, 1.54) is 37.8 Å². The van der Waals surface area contributed by atoms with Crippen LogP contribution in [0.3, 0.4) is 0 Å². The van der Waals surface area contributed by atoms with Crippen LogP contribution in [0.5, 0.6) is 0 Å². The Morgan fingerprint density at radius 2 is 1.87 bits per heavy atom. The minimum absolute atomic E-state index is 0.0764. The second-order valence-electron chi connectivity index (χ2n) is 9.00. The average Bonchev–Trinajstić information content (AvgIpc) is 3.45. The maximum absolute atomic E-state index is 13.1. The molecule has 2 aliphatic heterocycles. The van der Waals surface area contributed by atoms with Crippen LogP contribution in [-0.4, -0.2) is 70.4 Å². The minimum Gasteiger partial charge on any atom is -0.376 e. The maximum atomic E-state index is 13.1. The van der Waals surface area contributed by atoms with Gasteiger partial charge < -0.3 is 14.5 Å². The molecule has 0 N–H and O–H groups in total. The topological polar surface area (TPSA) is 67.7 Å². The summed E-state index contributed by atoms with van der Waals surface area (Å²) in [6, 6.07) is 3.58. The third kappa shape index (κ3) is 5.62. The molecule has 2 saturated heterocycles. The van der Waals surface area contributed by atoms with Gasteiger partial charge in [-0.25, -0.2) is 4.68 Å². The number of carbonyl (C=O) groups is 1. The van der Waals surface area contributed by atoms with Crippen LogP contribution in [-0.2, 0) is 16.1 Å². The SMILES string of the molecule is O=C(Cn1nc(Cl)ccc1=O)N(CC1CCN(C2CCCC2)CC1)CC1CCCO1. The van der Waals surface area contributed by atoms with Gasteiger partial charge in [0.1, 0.15) is 11.7 Å². The zero-order valence-electron chi connectivity index (χ0n) is 17.7. The van der Waals surface area contributed by atoms with Crippen molar-refractivity contribution in [3.8, 4) is 0 Å². The summed E-state index contributed by atoms with van der Waals surface area (Å²) in [4.78, 5) is 29.8. The largest absolute Gasteiger partial charge is 0.376 e. The van der Waals surface area contributed by atoms with Gasteiger partial charge in [-0.3, -0.25) is 9.59 Å². The van der Waals surface area contributed by atoms with E-state index in [0.717, 1.165) is 62.6 Å². The van der Waals surface area contributed by atoms with Crippen molar-refractivity contribution >= 4 is 17.5 Å². The zero-order valence-corrected chi connectivity index (χ0v) is 18.4. The van der Waals surface area contributed by atoms with Gasteiger partial charge in [-0.1, -0.05) is 24.4 Å². The molecule has 4 rings (SSSR count). The lowest BCUT2D eigenvalue weighted by Crippen LogP contribution is -2.46. The van der Waals surface area contributed by atoms with Gasteiger partial charge in [0.2, 0.25) is 5.91 Å². The van der Waals surface area contributed by atoms with Gasteiger partial charge in [0.25, 0.3) is 5.56 Å². The quantitative estimate of drug-likeness (QED) is 0.657. The molecule has 3 heterocycles. The first-order chi connectivity index (χ1) is 14.6. The number of hydrogen-bond donors (Lipinski definition) is 0. The molecule has 1 atom stereocenters. The Morgan fingerprint density at radius 1 is 1.10 bits per heavy atom. The van der Waals surface area contributed by atoms with Crippen molar-refractivity contribution in [2.24, 2.45) is 5.92 Å². The standard InChI is InChI=1S/C22H33ClN4O3/c23-20-7-8-21(28)27(24-20)16-22(29)26(15-19-6-3-13-30-19)14-17-9-11-25(12-10-17)18-4-1-2-5-18/h7-8,17-19H,1-6,9-16H2. The monoisotopic (exact) mass is 436 g/mol. The average molecular weight is 437 g/mol. The third-order valence-electron chi connectivity index (χ3n) is 6.89. The Balaban J connectivity index is 1.37. The highest BCUT2D eigenvalue weighted by molar-refractivity contribution is 6.29. The molecule has 1 amide bonds. The van der Waals surface area contributed by atoms with Gasteiger partial charge in [0, 0.05) is 31.8 Å². The molecule has 0 radical (unpaired) electrons. The fourth-order valence-corrected chi connectivity index (χ4v) is 5.31. The van der Waals surface area contributed by atoms with Crippen molar-refractivity contribution in [3.63, 3.8) is 0 Å². The van der Waals surface area contributed by atoms with E-state index in [0.29, 0.717) is 12.5 Å². The third-order valence-corrected chi connectivity index (χ3v) is 7.09. The summed E-state index contributed by atoms with van der Waals surface area (Å²) in [5, 5.41) is 4.23. The lowest BCUT2D eigenvalue weighted by Gasteiger charge is -2.38. The Labute approximate surface area is 183 Å². The van der Waals surface area contributed by atoms with Crippen molar-refractivity contribution in [1.29, 1.82) is 0 Å². The molecule has 3 aliphatic rings. The number of likely N-dealkylation sites (tertiary alicyclic amines) is 1. The fraction of sp³-hybridized carbons (Fsp3) is 0.773. The van der Waals surface area contributed by atoms with Crippen LogP contribution in [0.1, 0.15) is 51.4 Å². The highest BCUT2D eigenvalue weighted by atomic mass is 35.5. The molecule has 1 aromatic heterocycles. The zero-order chi connectivity index (χ0) is 20.9. The molecular formula is C22H33ClN4O3. The Kier molecular flexibility index (Phi) is 7.44. The minimum atomic E-state index is -0.310. The molecule has 30 heavy (non-hydrogen) atoms. The molecule has 0 bridgehead atoms. The van der Waals surface area contributed by atoms with Gasteiger partial charge >= 0.3 is 0 Å². The van der Waals surface area contributed by atoms with Crippen LogP contribution in [0, 0.1) is 5.92 Å². The van der Waals surface area contributed by atoms with Gasteiger partial charge in [-0.2, -0.15) is 5.10 Å². The number of rotatable bonds is 7. The lowest BCUT2D eigenvalue weighted by atomic mass is 9.94. The molecule has 1 unspecified atom stereocenters. The first-order valence-electron chi connectivity index (χ1n) is 11.5. The highest BCUT2D eigenvalue weighted by Crippen LogP contribution is 2.28. The van der Waals surface area contributed by atoms with Crippen molar-refractivity contribution in [2.45, 2.75) is 70.1 Å². The molecular weight excluding hydrogens is 404 g/mol. The van der Waals surface area contributed by atoms with E-state index in [4.69, 9.17) is 16.3 Å². The predicted molar refractivity (Wildman–Crippen MR) is 116 cm³/mol. The van der Waals surface area contributed by atoms with Crippen molar-refractivity contribution in [3.05, 3.63) is 27.6 Å². The van der Waals surface area contributed by atoms with Crippen LogP contribution in [0.4, 0.5) is 0 Å². The second kappa shape index (κ2) is 10.2. The molecule has 1 aromatic rings. The van der Waals surface area contributed by atoms with E-state index in [1.807, 2.05) is 4.90 Å². The summed E-state index contributed by atoms with van der Waals surface area (Å²) in [6.45, 7) is 4.28. The van der Waals surface area contributed by atoms with E-state index in [1.54, 1.807) is 0 Å². The highest BCUT2D eigenvalue weighted by Gasteiger charge is 2.30. The molecule has 1 aliphatic carbocycles. The molecule has 7 nitrogen and oxygen atoms in total. The number of carbonyl (C=O) groups excluding carboxylic acids is 1. The van der Waals surface area contributed by atoms with Crippen molar-refractivity contribution < 1.29 is 9.53 Å². The smallest absolute Gasteiger partial charge is 0.267 e. The summed E-state index contributed by atoms with van der Waals surface area (Å²) in [5.74, 6) is 0.414. The summed E-state index contributed by atoms with van der Waals surface area (Å²) >= 11 is 5.92. The Bertz CT molecular complexity index is 766. The molecule has 0 aromatic carbocycles. The molecule has 166 valence electrons. The van der Waals surface area contributed by atoms with E-state index in [9.17, 15) is 9.59 Å². The van der Waals surface area contributed by atoms with Crippen LogP contribution < -0.4 is 5.56 Å². The van der Waals surface area contributed by atoms with Gasteiger partial charge in [0.15, 0.2) is 0 Å². The summed E-state index contributed by atoms with van der Waals surface area (Å²) < 4.78 is 6.96. The number of ether oxygens (including phenoxy) is 1. The van der Waals surface area contributed by atoms with E-state index >= 15 is 0 Å². The van der Waals surface area contributed by atoms with Crippen LogP contribution >= 0.6 is 11.6 Å². The first-order valence-corrected chi connectivity index (χ1v) is 11.8. The number of aromatic nitrogens is 2. The van der Waals surface area contributed by atoms with Crippen LogP contribution in [0.15, 0.2) is 16.9 Å². The summed E-state index contributed by atoms with van der Waals surface area (Å²) in [7, 11) is 0. The van der Waals surface area contributed by atoms with E-state index < -0.39 is 0 Å². The number of hydrogen-bond acceptors (Lipinski definition) is 5.